The van der Waals surface area contributed by atoms with Gasteiger partial charge in [0.15, 0.2) is 0 Å². The summed E-state index contributed by atoms with van der Waals surface area (Å²) in [5.41, 5.74) is 2.61. The maximum Gasteiger partial charge on any atom is 0.123 e. The molecule has 1 aromatic heterocycles. The van der Waals surface area contributed by atoms with E-state index in [2.05, 4.69) is 30.2 Å². The van der Waals surface area contributed by atoms with E-state index in [4.69, 9.17) is 5.26 Å². The van der Waals surface area contributed by atoms with Gasteiger partial charge in [-0.25, -0.2) is 4.98 Å². The maximum absolute atomic E-state index is 8.88. The highest BCUT2D eigenvalue weighted by Gasteiger charge is 2.08. The number of nitriles is 1. The van der Waals surface area contributed by atoms with Crippen LogP contribution in [0.5, 0.6) is 0 Å². The van der Waals surface area contributed by atoms with Crippen molar-refractivity contribution in [1.82, 2.24) is 14.9 Å². The monoisotopic (exact) mass is 228 g/mol. The first-order valence-electron chi connectivity index (χ1n) is 5.70. The molecular weight excluding hydrogens is 212 g/mol. The fourth-order valence-corrected chi connectivity index (χ4v) is 1.76. The number of fused-ring (bicyclic) bond motifs is 1. The zero-order valence-electron chi connectivity index (χ0n) is 10.4. The van der Waals surface area contributed by atoms with Crippen molar-refractivity contribution < 1.29 is 0 Å². The van der Waals surface area contributed by atoms with Crippen molar-refractivity contribution in [3.63, 3.8) is 0 Å². The Morgan fingerprint density at radius 3 is 2.88 bits per heavy atom. The maximum atomic E-state index is 8.88. The lowest BCUT2D eigenvalue weighted by Gasteiger charge is -2.07. The average molecular weight is 228 g/mol. The van der Waals surface area contributed by atoms with Crippen LogP contribution < -0.4 is 5.32 Å². The summed E-state index contributed by atoms with van der Waals surface area (Å²) in [5.74, 6) is 0.990. The summed E-state index contributed by atoms with van der Waals surface area (Å²) in [4.78, 5) is 4.55. The van der Waals surface area contributed by atoms with E-state index in [0.29, 0.717) is 11.6 Å². The Kier molecular flexibility index (Phi) is 3.12. The van der Waals surface area contributed by atoms with Crippen molar-refractivity contribution in [2.24, 2.45) is 7.05 Å². The van der Waals surface area contributed by atoms with Gasteiger partial charge in [0.25, 0.3) is 0 Å². The zero-order chi connectivity index (χ0) is 12.4. The summed E-state index contributed by atoms with van der Waals surface area (Å²) in [5, 5.41) is 12.2. The quantitative estimate of drug-likeness (QED) is 0.873. The minimum absolute atomic E-state index is 0.435. The van der Waals surface area contributed by atoms with Crippen LogP contribution in [0.15, 0.2) is 18.2 Å². The fraction of sp³-hybridized carbons (Fsp3) is 0.385. The Morgan fingerprint density at radius 1 is 1.47 bits per heavy atom. The molecule has 0 aliphatic carbocycles. The predicted octanol–water partition coefficient (Wildman–Crippen LogP) is 1.94. The summed E-state index contributed by atoms with van der Waals surface area (Å²) in [6.07, 6.45) is 0. The Morgan fingerprint density at radius 2 is 2.24 bits per heavy atom. The summed E-state index contributed by atoms with van der Waals surface area (Å²) in [6.45, 7) is 4.96. The molecule has 17 heavy (non-hydrogen) atoms. The first-order chi connectivity index (χ1) is 8.11. The highest BCUT2D eigenvalue weighted by atomic mass is 15.1. The molecule has 2 rings (SSSR count). The number of rotatable bonds is 3. The van der Waals surface area contributed by atoms with Crippen LogP contribution in [0.1, 0.15) is 25.2 Å². The second kappa shape index (κ2) is 4.56. The lowest BCUT2D eigenvalue weighted by Crippen LogP contribution is -2.23. The molecule has 0 atom stereocenters. The molecule has 4 heteroatoms. The normalized spacial score (nSPS) is 11.0. The summed E-state index contributed by atoms with van der Waals surface area (Å²) in [6, 6.07) is 8.16. The molecule has 4 nitrogen and oxygen atoms in total. The first-order valence-corrected chi connectivity index (χ1v) is 5.70. The summed E-state index contributed by atoms with van der Waals surface area (Å²) >= 11 is 0. The third-order valence-electron chi connectivity index (χ3n) is 2.77. The number of imidazole rings is 1. The summed E-state index contributed by atoms with van der Waals surface area (Å²) < 4.78 is 2.03. The van der Waals surface area contributed by atoms with Crippen molar-refractivity contribution in [3.05, 3.63) is 29.6 Å². The van der Waals surface area contributed by atoms with Gasteiger partial charge < -0.3 is 9.88 Å². The molecule has 0 bridgehead atoms. The van der Waals surface area contributed by atoms with Gasteiger partial charge in [-0.05, 0) is 18.2 Å². The average Bonchev–Trinajstić information content (AvgIpc) is 2.63. The highest BCUT2D eigenvalue weighted by Crippen LogP contribution is 2.16. The van der Waals surface area contributed by atoms with Gasteiger partial charge >= 0.3 is 0 Å². The number of aryl methyl sites for hydroxylation is 1. The van der Waals surface area contributed by atoms with Crippen molar-refractivity contribution >= 4 is 11.0 Å². The molecule has 0 fully saturated rings. The third kappa shape index (κ3) is 2.29. The molecule has 0 spiro atoms. The molecule has 0 unspecified atom stereocenters. The van der Waals surface area contributed by atoms with Gasteiger partial charge in [0, 0.05) is 13.1 Å². The Hall–Kier alpha value is -1.86. The predicted molar refractivity (Wildman–Crippen MR) is 67.4 cm³/mol. The van der Waals surface area contributed by atoms with E-state index < -0.39 is 0 Å². The number of nitrogens with zero attached hydrogens (tertiary/aromatic N) is 3. The van der Waals surface area contributed by atoms with E-state index >= 15 is 0 Å². The van der Waals surface area contributed by atoms with Gasteiger partial charge in [0.05, 0.1) is 29.2 Å². The van der Waals surface area contributed by atoms with E-state index in [1.54, 1.807) is 6.07 Å². The first kappa shape index (κ1) is 11.6. The van der Waals surface area contributed by atoms with Gasteiger partial charge in [0.2, 0.25) is 0 Å². The third-order valence-corrected chi connectivity index (χ3v) is 2.77. The molecule has 1 aromatic carbocycles. The van der Waals surface area contributed by atoms with Gasteiger partial charge in [0.1, 0.15) is 5.82 Å². The Balaban J connectivity index is 2.39. The SMILES string of the molecule is CC(C)NCc1nc2ccc(C#N)cc2n1C. The van der Waals surface area contributed by atoms with Crippen LogP contribution in [0.25, 0.3) is 11.0 Å². The molecule has 0 aliphatic heterocycles. The van der Waals surface area contributed by atoms with Crippen molar-refractivity contribution in [3.8, 4) is 6.07 Å². The second-order valence-corrected chi connectivity index (χ2v) is 4.44. The fourth-order valence-electron chi connectivity index (χ4n) is 1.76. The number of aromatic nitrogens is 2. The van der Waals surface area contributed by atoms with Gasteiger partial charge in [-0.2, -0.15) is 5.26 Å². The summed E-state index contributed by atoms with van der Waals surface area (Å²) in [7, 11) is 1.98. The van der Waals surface area contributed by atoms with E-state index in [1.165, 1.54) is 0 Å². The van der Waals surface area contributed by atoms with Crippen LogP contribution in [0, 0.1) is 11.3 Å². The molecule has 0 aliphatic rings. The molecule has 1 N–H and O–H groups in total. The van der Waals surface area contributed by atoms with Gasteiger partial charge in [-0.15, -0.1) is 0 Å². The molecule has 0 amide bonds. The van der Waals surface area contributed by atoms with Gasteiger partial charge in [-0.1, -0.05) is 13.8 Å². The molecule has 0 radical (unpaired) electrons. The molecule has 2 aromatic rings. The smallest absolute Gasteiger partial charge is 0.123 e. The minimum atomic E-state index is 0.435. The van der Waals surface area contributed by atoms with Gasteiger partial charge in [-0.3, -0.25) is 0 Å². The van der Waals surface area contributed by atoms with Crippen molar-refractivity contribution in [1.29, 1.82) is 5.26 Å². The zero-order valence-corrected chi connectivity index (χ0v) is 10.4. The minimum Gasteiger partial charge on any atom is -0.330 e. The van der Waals surface area contributed by atoms with Crippen molar-refractivity contribution in [2.75, 3.05) is 0 Å². The molecule has 0 saturated carbocycles. The molecular formula is C13H16N4. The van der Waals surface area contributed by atoms with Crippen LogP contribution >= 0.6 is 0 Å². The van der Waals surface area contributed by atoms with E-state index in [-0.39, 0.29) is 0 Å². The van der Waals surface area contributed by atoms with E-state index in [1.807, 2.05) is 23.7 Å². The standard InChI is InChI=1S/C13H16N4/c1-9(2)15-8-13-16-11-5-4-10(7-14)6-12(11)17(13)3/h4-6,9,15H,8H2,1-3H3. The topological polar surface area (TPSA) is 53.6 Å². The number of hydrogen-bond acceptors (Lipinski definition) is 3. The largest absolute Gasteiger partial charge is 0.330 e. The van der Waals surface area contributed by atoms with Crippen LogP contribution in [0.2, 0.25) is 0 Å². The van der Waals surface area contributed by atoms with Crippen LogP contribution in [-0.2, 0) is 13.6 Å². The highest BCUT2D eigenvalue weighted by molar-refractivity contribution is 5.77. The molecule has 0 saturated heterocycles. The Bertz CT molecular complexity index is 575. The lowest BCUT2D eigenvalue weighted by atomic mass is 10.2. The van der Waals surface area contributed by atoms with E-state index in [0.717, 1.165) is 23.4 Å². The molecule has 1 heterocycles. The Labute approximate surface area is 101 Å². The van der Waals surface area contributed by atoms with E-state index in [9.17, 15) is 0 Å². The van der Waals surface area contributed by atoms with Crippen molar-refractivity contribution in [2.45, 2.75) is 26.4 Å². The van der Waals surface area contributed by atoms with Crippen LogP contribution in [0.3, 0.4) is 0 Å². The number of benzene rings is 1. The second-order valence-electron chi connectivity index (χ2n) is 4.44. The van der Waals surface area contributed by atoms with Crippen LogP contribution in [0.4, 0.5) is 0 Å². The number of nitrogens with one attached hydrogen (secondary N) is 1. The molecule has 88 valence electrons. The van der Waals surface area contributed by atoms with Crippen LogP contribution in [-0.4, -0.2) is 15.6 Å². The number of hydrogen-bond donors (Lipinski definition) is 1. The lowest BCUT2D eigenvalue weighted by molar-refractivity contribution is 0.563.